The van der Waals surface area contributed by atoms with Gasteiger partial charge in [-0.05, 0) is 43.7 Å². The van der Waals surface area contributed by atoms with Gasteiger partial charge in [-0.1, -0.05) is 23.5 Å². The molecule has 0 saturated carbocycles. The number of aromatic nitrogens is 2. The molecule has 0 spiro atoms. The monoisotopic (exact) mass is 411 g/mol. The number of hydrogen-bond donors (Lipinski definition) is 3. The van der Waals surface area contributed by atoms with Crippen molar-refractivity contribution >= 4 is 44.4 Å². The highest BCUT2D eigenvalue weighted by Crippen LogP contribution is 2.27. The Balaban J connectivity index is 1.51. The fraction of sp³-hybridized carbons (Fsp3) is 0.300. The van der Waals surface area contributed by atoms with Gasteiger partial charge in [0.15, 0.2) is 5.13 Å². The summed E-state index contributed by atoms with van der Waals surface area (Å²) in [6, 6.07) is 10.5. The van der Waals surface area contributed by atoms with E-state index in [1.807, 2.05) is 17.0 Å². The van der Waals surface area contributed by atoms with Gasteiger partial charge >= 0.3 is 0 Å². The highest BCUT2D eigenvalue weighted by molar-refractivity contribution is 7.22. The quantitative estimate of drug-likeness (QED) is 0.607. The Bertz CT molecular complexity index is 1070. The van der Waals surface area contributed by atoms with Crippen molar-refractivity contribution in [1.29, 1.82) is 0 Å². The molecule has 1 aromatic carbocycles. The van der Waals surface area contributed by atoms with Crippen LogP contribution in [0.2, 0.25) is 0 Å². The summed E-state index contributed by atoms with van der Waals surface area (Å²) in [4.78, 5) is 35.7. The van der Waals surface area contributed by atoms with Crippen molar-refractivity contribution in [2.75, 3.05) is 29.9 Å². The number of aliphatic hydroxyl groups is 1. The second-order valence-corrected chi connectivity index (χ2v) is 8.35. The lowest BCUT2D eigenvalue weighted by Gasteiger charge is -2.27. The zero-order valence-electron chi connectivity index (χ0n) is 16.1. The summed E-state index contributed by atoms with van der Waals surface area (Å²) in [6.07, 6.45) is 0. The van der Waals surface area contributed by atoms with Crippen LogP contribution in [-0.4, -0.2) is 46.5 Å². The van der Waals surface area contributed by atoms with Crippen LogP contribution in [0, 0.1) is 0 Å². The SMILES string of the molecule is CC(C)(O)c1ccc(C(=O)Nc2nc3ccc(N4CCNC(=O)C4)nc3s2)cc1. The van der Waals surface area contributed by atoms with Gasteiger partial charge in [-0.15, -0.1) is 0 Å². The molecule has 0 radical (unpaired) electrons. The summed E-state index contributed by atoms with van der Waals surface area (Å²) in [7, 11) is 0. The van der Waals surface area contributed by atoms with Crippen molar-refractivity contribution in [3.05, 3.63) is 47.5 Å². The molecule has 0 unspecified atom stereocenters. The Labute approximate surface area is 171 Å². The Morgan fingerprint density at radius 3 is 2.66 bits per heavy atom. The highest BCUT2D eigenvalue weighted by atomic mass is 32.1. The molecule has 9 heteroatoms. The predicted molar refractivity (Wildman–Crippen MR) is 112 cm³/mol. The Morgan fingerprint density at radius 2 is 1.97 bits per heavy atom. The molecular formula is C20H21N5O3S. The van der Waals surface area contributed by atoms with E-state index in [2.05, 4.69) is 20.6 Å². The number of benzene rings is 1. The highest BCUT2D eigenvalue weighted by Gasteiger charge is 2.19. The average Bonchev–Trinajstić information content (AvgIpc) is 3.08. The number of fused-ring (bicyclic) bond motifs is 1. The van der Waals surface area contributed by atoms with E-state index in [-0.39, 0.29) is 18.4 Å². The molecule has 3 aromatic rings. The van der Waals surface area contributed by atoms with Gasteiger partial charge < -0.3 is 15.3 Å². The van der Waals surface area contributed by atoms with Crippen LogP contribution >= 0.6 is 11.3 Å². The van der Waals surface area contributed by atoms with E-state index in [9.17, 15) is 14.7 Å². The van der Waals surface area contributed by atoms with Crippen molar-refractivity contribution in [3.63, 3.8) is 0 Å². The third-order valence-corrected chi connectivity index (χ3v) is 5.56. The van der Waals surface area contributed by atoms with Crippen LogP contribution in [0.15, 0.2) is 36.4 Å². The zero-order valence-corrected chi connectivity index (χ0v) is 16.9. The molecule has 1 saturated heterocycles. The van der Waals surface area contributed by atoms with Crippen LogP contribution in [0.5, 0.6) is 0 Å². The number of hydrogen-bond acceptors (Lipinski definition) is 7. The van der Waals surface area contributed by atoms with Crippen LogP contribution in [-0.2, 0) is 10.4 Å². The molecule has 1 aliphatic rings. The second kappa shape index (κ2) is 7.41. The molecule has 0 bridgehead atoms. The van der Waals surface area contributed by atoms with Crippen LogP contribution in [0.3, 0.4) is 0 Å². The minimum atomic E-state index is -0.958. The van der Waals surface area contributed by atoms with Gasteiger partial charge in [0, 0.05) is 18.7 Å². The number of thiazole rings is 1. The number of piperazine rings is 1. The van der Waals surface area contributed by atoms with Crippen molar-refractivity contribution in [2.45, 2.75) is 19.4 Å². The van der Waals surface area contributed by atoms with Gasteiger partial charge in [0.2, 0.25) is 5.91 Å². The summed E-state index contributed by atoms with van der Waals surface area (Å²) in [5.74, 6) is 0.418. The first kappa shape index (κ1) is 19.3. The average molecular weight is 411 g/mol. The topological polar surface area (TPSA) is 107 Å². The van der Waals surface area contributed by atoms with Crippen LogP contribution in [0.4, 0.5) is 10.9 Å². The molecule has 2 amide bonds. The van der Waals surface area contributed by atoms with Crippen LogP contribution < -0.4 is 15.5 Å². The number of carbonyl (C=O) groups is 2. The van der Waals surface area contributed by atoms with Crippen LogP contribution in [0.1, 0.15) is 29.8 Å². The molecule has 0 aliphatic carbocycles. The summed E-state index contributed by atoms with van der Waals surface area (Å²) < 4.78 is 0. The molecule has 3 heterocycles. The number of anilines is 2. The maximum atomic E-state index is 12.5. The second-order valence-electron chi connectivity index (χ2n) is 7.37. The minimum Gasteiger partial charge on any atom is -0.386 e. The third kappa shape index (κ3) is 4.20. The standard InChI is InChI=1S/C20H21N5O3S/c1-20(2,28)13-5-3-12(4-6-13)17(27)24-19-22-14-7-8-15(23-18(14)29-19)25-10-9-21-16(26)11-25/h3-8,28H,9-11H2,1-2H3,(H,21,26)(H,22,24,27). The van der Waals surface area contributed by atoms with Gasteiger partial charge in [-0.25, -0.2) is 9.97 Å². The van der Waals surface area contributed by atoms with E-state index in [0.717, 1.165) is 11.4 Å². The van der Waals surface area contributed by atoms with Crippen molar-refractivity contribution in [3.8, 4) is 0 Å². The zero-order chi connectivity index (χ0) is 20.6. The number of nitrogens with zero attached hydrogens (tertiary/aromatic N) is 3. The Kier molecular flexibility index (Phi) is 4.93. The fourth-order valence-corrected chi connectivity index (χ4v) is 3.90. The number of carbonyl (C=O) groups excluding carboxylic acids is 2. The molecule has 29 heavy (non-hydrogen) atoms. The molecule has 4 rings (SSSR count). The lowest BCUT2D eigenvalue weighted by atomic mass is 9.97. The lowest BCUT2D eigenvalue weighted by Crippen LogP contribution is -2.48. The number of nitrogens with one attached hydrogen (secondary N) is 2. The fourth-order valence-electron chi connectivity index (χ4n) is 3.07. The first-order chi connectivity index (χ1) is 13.8. The van der Waals surface area contributed by atoms with E-state index >= 15 is 0 Å². The van der Waals surface area contributed by atoms with E-state index < -0.39 is 5.60 Å². The van der Waals surface area contributed by atoms with E-state index in [1.54, 1.807) is 38.1 Å². The summed E-state index contributed by atoms with van der Waals surface area (Å²) in [5.41, 5.74) is 0.941. The Morgan fingerprint density at radius 1 is 1.21 bits per heavy atom. The number of rotatable bonds is 4. The first-order valence-electron chi connectivity index (χ1n) is 9.23. The minimum absolute atomic E-state index is 0.0222. The molecule has 150 valence electrons. The number of pyridine rings is 1. The molecule has 8 nitrogen and oxygen atoms in total. The van der Waals surface area contributed by atoms with E-state index in [0.29, 0.717) is 34.1 Å². The van der Waals surface area contributed by atoms with Gasteiger partial charge in [0.25, 0.3) is 5.91 Å². The van der Waals surface area contributed by atoms with E-state index in [1.165, 1.54) is 11.3 Å². The van der Waals surface area contributed by atoms with Crippen LogP contribution in [0.25, 0.3) is 10.3 Å². The number of amides is 2. The molecule has 0 atom stereocenters. The van der Waals surface area contributed by atoms with Crippen molar-refractivity contribution < 1.29 is 14.7 Å². The summed E-state index contributed by atoms with van der Waals surface area (Å²) in [5, 5.41) is 16.1. The van der Waals surface area contributed by atoms with Crippen molar-refractivity contribution in [1.82, 2.24) is 15.3 Å². The van der Waals surface area contributed by atoms with Gasteiger partial charge in [-0.3, -0.25) is 14.9 Å². The van der Waals surface area contributed by atoms with Gasteiger partial charge in [0.1, 0.15) is 16.2 Å². The van der Waals surface area contributed by atoms with Crippen molar-refractivity contribution in [2.24, 2.45) is 0 Å². The molecule has 1 aliphatic heterocycles. The maximum absolute atomic E-state index is 12.5. The summed E-state index contributed by atoms with van der Waals surface area (Å²) >= 11 is 1.29. The Hall–Kier alpha value is -3.04. The third-order valence-electron chi connectivity index (χ3n) is 4.68. The largest absolute Gasteiger partial charge is 0.386 e. The van der Waals surface area contributed by atoms with Gasteiger partial charge in [-0.2, -0.15) is 0 Å². The molecule has 2 aromatic heterocycles. The molecule has 3 N–H and O–H groups in total. The smallest absolute Gasteiger partial charge is 0.257 e. The van der Waals surface area contributed by atoms with E-state index in [4.69, 9.17) is 0 Å². The molecular weight excluding hydrogens is 390 g/mol. The maximum Gasteiger partial charge on any atom is 0.257 e. The first-order valence-corrected chi connectivity index (χ1v) is 10.0. The normalized spacial score (nSPS) is 14.7. The summed E-state index contributed by atoms with van der Waals surface area (Å²) in [6.45, 7) is 4.96. The van der Waals surface area contributed by atoms with Gasteiger partial charge in [0.05, 0.1) is 12.1 Å². The molecule has 1 fully saturated rings. The lowest BCUT2D eigenvalue weighted by molar-refractivity contribution is -0.120. The predicted octanol–water partition coefficient (Wildman–Crippen LogP) is 2.11.